The number of nitrogens with zero attached hydrogens (tertiary/aromatic N) is 5. The Bertz CT molecular complexity index is 1640. The van der Waals surface area contributed by atoms with E-state index in [1.54, 1.807) is 41.3 Å². The lowest BCUT2D eigenvalue weighted by Crippen LogP contribution is -2.45. The maximum Gasteiger partial charge on any atom is 0.251 e. The molecule has 200 valence electrons. The van der Waals surface area contributed by atoms with E-state index in [9.17, 15) is 9.90 Å². The molecule has 1 fully saturated rings. The Labute approximate surface area is 224 Å². The van der Waals surface area contributed by atoms with Gasteiger partial charge in [-0.2, -0.15) is 5.10 Å². The number of fused-ring (bicyclic) bond motifs is 3. The van der Waals surface area contributed by atoms with Gasteiger partial charge in [-0.25, -0.2) is 9.37 Å². The summed E-state index contributed by atoms with van der Waals surface area (Å²) in [6.45, 7) is 2.28. The zero-order valence-corrected chi connectivity index (χ0v) is 21.7. The molecule has 0 radical (unpaired) electrons. The molecule has 1 aromatic carbocycles. The van der Waals surface area contributed by atoms with Crippen molar-refractivity contribution in [2.45, 2.75) is 25.3 Å². The SMILES string of the molecule is Cn1cc(-c2cc3c(cn2)[nH]c2ncc(F)c(-c4ccc(C(=O)NCCN5CCCC[C@@H]5CO)cc4)c23)cn1. The fraction of sp³-hybridized carbons (Fsp3) is 0.310. The first-order valence-electron chi connectivity index (χ1n) is 13.2. The Hall–Kier alpha value is -4.15. The molecule has 0 unspecified atom stereocenters. The number of aliphatic hydroxyl groups excluding tert-OH is 1. The molecular formula is C29H30FN7O2. The summed E-state index contributed by atoms with van der Waals surface area (Å²) in [5.41, 5.74) is 4.48. The molecule has 10 heteroatoms. The summed E-state index contributed by atoms with van der Waals surface area (Å²) in [4.78, 5) is 27.1. The van der Waals surface area contributed by atoms with Gasteiger partial charge < -0.3 is 15.4 Å². The molecule has 5 aromatic rings. The first kappa shape index (κ1) is 25.1. The highest BCUT2D eigenvalue weighted by Gasteiger charge is 2.21. The first-order chi connectivity index (χ1) is 19.0. The van der Waals surface area contributed by atoms with Crippen LogP contribution in [0.15, 0.2) is 55.1 Å². The minimum atomic E-state index is -0.444. The highest BCUT2D eigenvalue weighted by molar-refractivity contribution is 6.13. The zero-order valence-electron chi connectivity index (χ0n) is 21.7. The standard InChI is InChI=1S/C29H30FN7O2/c1-36-16-20(13-34-36)24-12-22-25(15-32-24)35-28-27(22)26(23(30)14-33-28)18-5-7-19(8-6-18)29(39)31-9-11-37-10-3-2-4-21(37)17-38/h5-8,12-16,21,38H,2-4,9-11,17H2,1H3,(H,31,39)(H,33,35)/t21-/m1/s1. The fourth-order valence-corrected chi connectivity index (χ4v) is 5.49. The number of benzene rings is 1. The maximum absolute atomic E-state index is 15.3. The number of hydrogen-bond acceptors (Lipinski definition) is 6. The van der Waals surface area contributed by atoms with Crippen LogP contribution < -0.4 is 5.32 Å². The van der Waals surface area contributed by atoms with Gasteiger partial charge in [0.2, 0.25) is 0 Å². The summed E-state index contributed by atoms with van der Waals surface area (Å²) in [5.74, 6) is -0.626. The predicted molar refractivity (Wildman–Crippen MR) is 148 cm³/mol. The van der Waals surface area contributed by atoms with Gasteiger partial charge in [-0.15, -0.1) is 0 Å². The van der Waals surface area contributed by atoms with E-state index in [2.05, 4.69) is 30.3 Å². The number of nitrogens with one attached hydrogen (secondary N) is 2. The van der Waals surface area contributed by atoms with E-state index in [0.717, 1.165) is 48.0 Å². The molecule has 0 aliphatic carbocycles. The van der Waals surface area contributed by atoms with Crippen LogP contribution in [0.4, 0.5) is 4.39 Å². The quantitative estimate of drug-likeness (QED) is 0.296. The average Bonchev–Trinajstić information content (AvgIpc) is 3.56. The van der Waals surface area contributed by atoms with E-state index in [1.807, 2.05) is 19.3 Å². The molecule has 9 nitrogen and oxygen atoms in total. The van der Waals surface area contributed by atoms with Gasteiger partial charge in [0.05, 0.1) is 36.4 Å². The molecule has 4 aromatic heterocycles. The zero-order chi connectivity index (χ0) is 26.9. The molecule has 3 N–H and O–H groups in total. The van der Waals surface area contributed by atoms with Crippen molar-refractivity contribution in [2.75, 3.05) is 26.2 Å². The summed E-state index contributed by atoms with van der Waals surface area (Å²) < 4.78 is 17.0. The van der Waals surface area contributed by atoms with Crippen LogP contribution in [0.1, 0.15) is 29.6 Å². The number of likely N-dealkylation sites (tertiary alicyclic amines) is 1. The molecular weight excluding hydrogens is 497 g/mol. The first-order valence-corrected chi connectivity index (χ1v) is 13.2. The van der Waals surface area contributed by atoms with E-state index < -0.39 is 5.82 Å². The number of hydrogen-bond donors (Lipinski definition) is 3. The van der Waals surface area contributed by atoms with Gasteiger partial charge in [0.25, 0.3) is 5.91 Å². The number of aromatic nitrogens is 5. The average molecular weight is 528 g/mol. The lowest BCUT2D eigenvalue weighted by atomic mass is 9.99. The van der Waals surface area contributed by atoms with Crippen molar-refractivity contribution in [3.63, 3.8) is 0 Å². The number of pyridine rings is 2. The number of piperidine rings is 1. The molecule has 1 aliphatic heterocycles. The van der Waals surface area contributed by atoms with Crippen molar-refractivity contribution in [3.05, 3.63) is 66.5 Å². The Balaban J connectivity index is 1.26. The van der Waals surface area contributed by atoms with E-state index in [0.29, 0.717) is 40.8 Å². The third kappa shape index (κ3) is 4.88. The van der Waals surface area contributed by atoms with Gasteiger partial charge in [0.1, 0.15) is 11.5 Å². The minimum absolute atomic E-state index is 0.145. The molecule has 0 bridgehead atoms. The second-order valence-corrected chi connectivity index (χ2v) is 10.0. The van der Waals surface area contributed by atoms with Crippen LogP contribution in [0.2, 0.25) is 0 Å². The summed E-state index contributed by atoms with van der Waals surface area (Å²) in [7, 11) is 1.84. The van der Waals surface area contributed by atoms with Gasteiger partial charge in [-0.3, -0.25) is 19.4 Å². The van der Waals surface area contributed by atoms with Crippen molar-refractivity contribution in [1.29, 1.82) is 0 Å². The third-order valence-electron chi connectivity index (χ3n) is 7.54. The molecule has 0 spiro atoms. The number of carbonyl (C=O) groups is 1. The lowest BCUT2D eigenvalue weighted by molar-refractivity contribution is 0.0849. The normalized spacial score (nSPS) is 16.2. The van der Waals surface area contributed by atoms with Crippen molar-refractivity contribution in [1.82, 2.24) is 34.9 Å². The van der Waals surface area contributed by atoms with Crippen molar-refractivity contribution in [3.8, 4) is 22.4 Å². The minimum Gasteiger partial charge on any atom is -0.395 e. The van der Waals surface area contributed by atoms with Gasteiger partial charge in [-0.05, 0) is 43.1 Å². The lowest BCUT2D eigenvalue weighted by Gasteiger charge is -2.34. The number of halogens is 1. The topological polar surface area (TPSA) is 112 Å². The van der Waals surface area contributed by atoms with Crippen LogP contribution in [0.5, 0.6) is 0 Å². The van der Waals surface area contributed by atoms with Crippen LogP contribution in [-0.4, -0.2) is 72.9 Å². The number of rotatable bonds is 7. The Kier molecular flexibility index (Phi) is 6.80. The summed E-state index contributed by atoms with van der Waals surface area (Å²) in [6, 6.07) is 9.04. The number of H-pyrrole nitrogens is 1. The maximum atomic E-state index is 15.3. The van der Waals surface area contributed by atoms with Gasteiger partial charge in [0, 0.05) is 59.8 Å². The van der Waals surface area contributed by atoms with Gasteiger partial charge >= 0.3 is 0 Å². The van der Waals surface area contributed by atoms with Crippen molar-refractivity contribution >= 4 is 27.8 Å². The van der Waals surface area contributed by atoms with Gasteiger partial charge in [0.15, 0.2) is 0 Å². The van der Waals surface area contributed by atoms with Crippen molar-refractivity contribution in [2.24, 2.45) is 7.05 Å². The molecule has 1 aliphatic rings. The van der Waals surface area contributed by atoms with Crippen molar-refractivity contribution < 1.29 is 14.3 Å². The second kappa shape index (κ2) is 10.5. The molecule has 6 rings (SSSR count). The molecule has 1 amide bonds. The summed E-state index contributed by atoms with van der Waals surface area (Å²) in [5, 5.41) is 18.3. The van der Waals surface area contributed by atoms with Crippen LogP contribution in [0.25, 0.3) is 44.3 Å². The number of aromatic amines is 1. The van der Waals surface area contributed by atoms with Gasteiger partial charge in [-0.1, -0.05) is 18.6 Å². The number of amides is 1. The van der Waals surface area contributed by atoms with Crippen LogP contribution in [0, 0.1) is 5.82 Å². The van der Waals surface area contributed by atoms with Crippen LogP contribution in [-0.2, 0) is 7.05 Å². The number of aliphatic hydroxyl groups is 1. The van der Waals surface area contributed by atoms with Crippen LogP contribution >= 0.6 is 0 Å². The number of aryl methyl sites for hydroxylation is 1. The largest absolute Gasteiger partial charge is 0.395 e. The highest BCUT2D eigenvalue weighted by atomic mass is 19.1. The Morgan fingerprint density at radius 3 is 2.77 bits per heavy atom. The summed E-state index contributed by atoms with van der Waals surface area (Å²) >= 11 is 0. The molecule has 0 saturated carbocycles. The fourth-order valence-electron chi connectivity index (χ4n) is 5.49. The Morgan fingerprint density at radius 1 is 1.15 bits per heavy atom. The van der Waals surface area contributed by atoms with Crippen LogP contribution in [0.3, 0.4) is 0 Å². The molecule has 39 heavy (non-hydrogen) atoms. The Morgan fingerprint density at radius 2 is 2.00 bits per heavy atom. The molecule has 1 saturated heterocycles. The van der Waals surface area contributed by atoms with E-state index >= 15 is 4.39 Å². The highest BCUT2D eigenvalue weighted by Crippen LogP contribution is 2.36. The predicted octanol–water partition coefficient (Wildman–Crippen LogP) is 3.89. The molecule has 5 heterocycles. The third-order valence-corrected chi connectivity index (χ3v) is 7.54. The monoisotopic (exact) mass is 527 g/mol. The second-order valence-electron chi connectivity index (χ2n) is 10.0. The number of carbonyl (C=O) groups excluding carboxylic acids is 1. The molecule has 1 atom stereocenters. The van der Waals surface area contributed by atoms with E-state index in [4.69, 9.17) is 0 Å². The smallest absolute Gasteiger partial charge is 0.251 e. The van der Waals surface area contributed by atoms with E-state index in [-0.39, 0.29) is 18.6 Å². The van der Waals surface area contributed by atoms with E-state index in [1.165, 1.54) is 6.20 Å². The summed E-state index contributed by atoms with van der Waals surface area (Å²) in [6.07, 6.45) is 9.79.